The predicted octanol–water partition coefficient (Wildman–Crippen LogP) is 4.31. The number of anilines is 1. The van der Waals surface area contributed by atoms with Crippen molar-refractivity contribution in [1.82, 2.24) is 9.97 Å². The van der Waals surface area contributed by atoms with Gasteiger partial charge in [0, 0.05) is 6.20 Å². The summed E-state index contributed by atoms with van der Waals surface area (Å²) < 4.78 is 34.2. The van der Waals surface area contributed by atoms with Crippen LogP contribution in [0.25, 0.3) is 22.7 Å². The van der Waals surface area contributed by atoms with Gasteiger partial charge < -0.3 is 4.42 Å². The average molecular weight is 379 g/mol. The fraction of sp³-hybridized carbons (Fsp3) is 0.100. The number of para-hydroxylation sites is 1. The molecule has 0 aliphatic rings. The molecule has 0 radical (unpaired) electrons. The minimum absolute atomic E-state index is 0.217. The first-order valence-corrected chi connectivity index (χ1v) is 9.83. The summed E-state index contributed by atoms with van der Waals surface area (Å²) in [6.07, 6.45) is 1.63. The van der Waals surface area contributed by atoms with Gasteiger partial charge in [0.1, 0.15) is 0 Å². The maximum absolute atomic E-state index is 12.9. The lowest BCUT2D eigenvalue weighted by Gasteiger charge is -2.12. The lowest BCUT2D eigenvalue weighted by molar-refractivity contribution is 0.601. The van der Waals surface area contributed by atoms with Gasteiger partial charge in [0.25, 0.3) is 10.0 Å². The Labute approximate surface area is 157 Å². The largest absolute Gasteiger partial charge is 0.434 e. The Hall–Kier alpha value is -3.19. The third kappa shape index (κ3) is 3.41. The van der Waals surface area contributed by atoms with Gasteiger partial charge in [-0.05, 0) is 61.4 Å². The number of hydrogen-bond acceptors (Lipinski definition) is 5. The zero-order valence-corrected chi connectivity index (χ0v) is 15.6. The highest BCUT2D eigenvalue weighted by Crippen LogP contribution is 2.31. The van der Waals surface area contributed by atoms with E-state index in [4.69, 9.17) is 4.42 Å². The van der Waals surface area contributed by atoms with Crippen LogP contribution in [0.5, 0.6) is 0 Å². The Balaban J connectivity index is 1.77. The normalized spacial score (nSPS) is 11.6. The van der Waals surface area contributed by atoms with E-state index in [2.05, 4.69) is 14.7 Å². The topological polar surface area (TPSA) is 85.1 Å². The molecule has 0 bridgehead atoms. The Bertz CT molecular complexity index is 1190. The molecule has 0 saturated heterocycles. The number of pyridine rings is 1. The van der Waals surface area contributed by atoms with Crippen LogP contribution in [0.2, 0.25) is 0 Å². The van der Waals surface area contributed by atoms with Gasteiger partial charge in [0.2, 0.25) is 5.89 Å². The molecule has 0 aliphatic carbocycles. The molecular weight excluding hydrogens is 362 g/mol. The number of hydrogen-bond donors (Lipinski definition) is 1. The molecule has 0 aliphatic heterocycles. The van der Waals surface area contributed by atoms with Crippen molar-refractivity contribution in [3.8, 4) is 11.5 Å². The van der Waals surface area contributed by atoms with E-state index >= 15 is 0 Å². The molecule has 2 heterocycles. The van der Waals surface area contributed by atoms with Crippen LogP contribution >= 0.6 is 0 Å². The van der Waals surface area contributed by atoms with Crippen molar-refractivity contribution in [3.05, 3.63) is 71.9 Å². The van der Waals surface area contributed by atoms with Gasteiger partial charge >= 0.3 is 0 Å². The van der Waals surface area contributed by atoms with E-state index < -0.39 is 10.0 Å². The van der Waals surface area contributed by atoms with Gasteiger partial charge in [-0.2, -0.15) is 4.98 Å². The van der Waals surface area contributed by atoms with E-state index in [0.717, 1.165) is 11.1 Å². The van der Waals surface area contributed by atoms with Gasteiger partial charge in [0.15, 0.2) is 11.2 Å². The van der Waals surface area contributed by atoms with E-state index in [0.29, 0.717) is 28.4 Å². The van der Waals surface area contributed by atoms with Crippen LogP contribution < -0.4 is 4.72 Å². The number of fused-ring (bicyclic) bond motifs is 1. The van der Waals surface area contributed by atoms with Crippen LogP contribution in [0.1, 0.15) is 11.1 Å². The Morgan fingerprint density at radius 1 is 0.963 bits per heavy atom. The van der Waals surface area contributed by atoms with E-state index in [-0.39, 0.29) is 4.90 Å². The third-order valence-corrected chi connectivity index (χ3v) is 5.42. The molecule has 4 aromatic rings. The highest BCUT2D eigenvalue weighted by Gasteiger charge is 2.19. The number of aromatic nitrogens is 2. The summed E-state index contributed by atoms with van der Waals surface area (Å²) >= 11 is 0. The third-order valence-electron chi connectivity index (χ3n) is 4.07. The summed E-state index contributed by atoms with van der Waals surface area (Å²) in [5.41, 5.74) is 3.72. The zero-order valence-electron chi connectivity index (χ0n) is 14.8. The fourth-order valence-electron chi connectivity index (χ4n) is 2.93. The molecule has 0 spiro atoms. The van der Waals surface area contributed by atoms with Crippen LogP contribution in [0.3, 0.4) is 0 Å². The predicted molar refractivity (Wildman–Crippen MR) is 104 cm³/mol. The average Bonchev–Trinajstić information content (AvgIpc) is 3.05. The molecule has 2 aromatic carbocycles. The maximum Gasteiger partial charge on any atom is 0.261 e. The Kier molecular flexibility index (Phi) is 4.16. The second kappa shape index (κ2) is 6.51. The fourth-order valence-corrected chi connectivity index (χ4v) is 4.20. The van der Waals surface area contributed by atoms with Crippen molar-refractivity contribution in [2.75, 3.05) is 4.72 Å². The van der Waals surface area contributed by atoms with Crippen molar-refractivity contribution in [2.24, 2.45) is 0 Å². The van der Waals surface area contributed by atoms with Gasteiger partial charge in [-0.25, -0.2) is 13.4 Å². The van der Waals surface area contributed by atoms with Crippen molar-refractivity contribution in [3.63, 3.8) is 0 Å². The number of nitrogens with one attached hydrogen (secondary N) is 1. The zero-order chi connectivity index (χ0) is 19.0. The summed E-state index contributed by atoms with van der Waals surface area (Å²) in [7, 11) is -3.75. The molecule has 0 atom stereocenters. The van der Waals surface area contributed by atoms with Gasteiger partial charge in [-0.3, -0.25) is 4.72 Å². The number of nitrogens with zero attached hydrogens (tertiary/aromatic N) is 2. The molecule has 0 saturated carbocycles. The van der Waals surface area contributed by atoms with Crippen LogP contribution in [-0.4, -0.2) is 18.4 Å². The molecule has 2 aromatic heterocycles. The first-order valence-electron chi connectivity index (χ1n) is 8.34. The molecule has 136 valence electrons. The van der Waals surface area contributed by atoms with Crippen LogP contribution in [0.15, 0.2) is 70.1 Å². The van der Waals surface area contributed by atoms with E-state index in [1.165, 1.54) is 0 Å². The number of rotatable bonds is 4. The number of sulfonamides is 1. The van der Waals surface area contributed by atoms with Gasteiger partial charge in [-0.15, -0.1) is 0 Å². The van der Waals surface area contributed by atoms with Crippen LogP contribution in [0, 0.1) is 13.8 Å². The molecular formula is C20H17N3O3S. The van der Waals surface area contributed by atoms with Crippen molar-refractivity contribution < 1.29 is 12.8 Å². The molecule has 0 amide bonds. The highest BCUT2D eigenvalue weighted by atomic mass is 32.2. The number of oxazole rings is 1. The van der Waals surface area contributed by atoms with E-state index in [1.807, 2.05) is 19.9 Å². The van der Waals surface area contributed by atoms with Crippen molar-refractivity contribution in [2.45, 2.75) is 18.7 Å². The van der Waals surface area contributed by atoms with Crippen molar-refractivity contribution >= 4 is 26.9 Å². The standard InChI is InChI=1S/C20H17N3O3S/c1-13-10-14(2)12-15(11-13)27(24,25)23-17-7-4-3-6-16(17)20-22-19-18(26-20)8-5-9-21-19/h3-12,23H,1-2H3. The quantitative estimate of drug-likeness (QED) is 0.571. The molecule has 0 unspecified atom stereocenters. The highest BCUT2D eigenvalue weighted by molar-refractivity contribution is 7.92. The van der Waals surface area contributed by atoms with Crippen LogP contribution in [-0.2, 0) is 10.0 Å². The molecule has 0 fully saturated rings. The summed E-state index contributed by atoms with van der Waals surface area (Å²) in [5.74, 6) is 0.308. The van der Waals surface area contributed by atoms with Crippen molar-refractivity contribution in [1.29, 1.82) is 0 Å². The summed E-state index contributed by atoms with van der Waals surface area (Å²) in [6, 6.07) is 15.7. The summed E-state index contributed by atoms with van der Waals surface area (Å²) in [4.78, 5) is 8.73. The monoisotopic (exact) mass is 379 g/mol. The minimum atomic E-state index is -3.75. The summed E-state index contributed by atoms with van der Waals surface area (Å²) in [5, 5.41) is 0. The lowest BCUT2D eigenvalue weighted by Crippen LogP contribution is -2.14. The smallest absolute Gasteiger partial charge is 0.261 e. The molecule has 27 heavy (non-hydrogen) atoms. The SMILES string of the molecule is Cc1cc(C)cc(S(=O)(=O)Nc2ccccc2-c2nc3ncccc3o2)c1. The van der Waals surface area contributed by atoms with E-state index in [1.54, 1.807) is 54.7 Å². The van der Waals surface area contributed by atoms with Gasteiger partial charge in [0.05, 0.1) is 16.1 Å². The first kappa shape index (κ1) is 17.2. The lowest BCUT2D eigenvalue weighted by atomic mass is 10.2. The minimum Gasteiger partial charge on any atom is -0.434 e. The van der Waals surface area contributed by atoms with E-state index in [9.17, 15) is 8.42 Å². The molecule has 7 heteroatoms. The Morgan fingerprint density at radius 3 is 2.44 bits per heavy atom. The van der Waals surface area contributed by atoms with Crippen LogP contribution in [0.4, 0.5) is 5.69 Å². The molecule has 6 nitrogen and oxygen atoms in total. The second-order valence-electron chi connectivity index (χ2n) is 6.32. The number of benzene rings is 2. The van der Waals surface area contributed by atoms with Gasteiger partial charge in [-0.1, -0.05) is 18.2 Å². The first-order chi connectivity index (χ1) is 12.9. The molecule has 1 N–H and O–H groups in total. The maximum atomic E-state index is 12.9. The summed E-state index contributed by atoms with van der Waals surface area (Å²) in [6.45, 7) is 3.73. The molecule has 4 rings (SSSR count). The Morgan fingerprint density at radius 2 is 1.70 bits per heavy atom. The second-order valence-corrected chi connectivity index (χ2v) is 8.00. The number of aryl methyl sites for hydroxylation is 2.